The molecule has 17 heavy (non-hydrogen) atoms. The number of halogens is 1. The van der Waals surface area contributed by atoms with Crippen LogP contribution in [0.4, 0.5) is 4.39 Å². The fourth-order valence-electron chi connectivity index (χ4n) is 1.48. The molecule has 0 spiro atoms. The summed E-state index contributed by atoms with van der Waals surface area (Å²) in [7, 11) is 0. The second-order valence-corrected chi connectivity index (χ2v) is 5.77. The largest absolute Gasteiger partial charge is 0.480 e. The quantitative estimate of drug-likeness (QED) is 0.795. The number of rotatable bonds is 5. The first kappa shape index (κ1) is 14.0. The van der Waals surface area contributed by atoms with Crippen molar-refractivity contribution < 1.29 is 14.3 Å². The summed E-state index contributed by atoms with van der Waals surface area (Å²) in [6.07, 6.45) is 0.279. The van der Waals surface area contributed by atoms with Crippen molar-refractivity contribution in [3.05, 3.63) is 30.1 Å². The minimum Gasteiger partial charge on any atom is -0.480 e. The zero-order chi connectivity index (χ0) is 13.1. The van der Waals surface area contributed by atoms with Crippen molar-refractivity contribution in [2.75, 3.05) is 0 Å². The Morgan fingerprint density at radius 2 is 2.18 bits per heavy atom. The Morgan fingerprint density at radius 3 is 2.71 bits per heavy atom. The number of hydrogen-bond acceptors (Lipinski definition) is 3. The van der Waals surface area contributed by atoms with Gasteiger partial charge in [-0.2, -0.15) is 0 Å². The lowest BCUT2D eigenvalue weighted by Crippen LogP contribution is -2.46. The van der Waals surface area contributed by atoms with Crippen LogP contribution in [-0.4, -0.2) is 21.9 Å². The molecule has 2 unspecified atom stereocenters. The maximum Gasteiger partial charge on any atom is 0.323 e. The number of benzene rings is 1. The molecule has 0 heterocycles. The standard InChI is InChI=1S/C12H16FNO2S/c1-8(7-12(2,14)11(15)16)17-10-6-4-3-5-9(10)13/h3-6,8H,7,14H2,1-2H3,(H,15,16). The summed E-state index contributed by atoms with van der Waals surface area (Å²) in [5.41, 5.74) is 4.37. The molecular formula is C12H16FNO2S. The highest BCUT2D eigenvalue weighted by Crippen LogP contribution is 2.29. The number of carboxylic acid groups (broad SMARTS) is 1. The van der Waals surface area contributed by atoms with Crippen molar-refractivity contribution >= 4 is 17.7 Å². The Labute approximate surface area is 104 Å². The van der Waals surface area contributed by atoms with E-state index in [-0.39, 0.29) is 17.5 Å². The number of aliphatic carboxylic acids is 1. The van der Waals surface area contributed by atoms with Crippen LogP contribution in [0.5, 0.6) is 0 Å². The van der Waals surface area contributed by atoms with Crippen LogP contribution in [0.15, 0.2) is 29.2 Å². The van der Waals surface area contributed by atoms with E-state index < -0.39 is 11.5 Å². The van der Waals surface area contributed by atoms with Crippen LogP contribution < -0.4 is 5.73 Å². The third kappa shape index (κ3) is 4.02. The molecule has 5 heteroatoms. The second kappa shape index (κ2) is 5.51. The van der Waals surface area contributed by atoms with E-state index in [4.69, 9.17) is 10.8 Å². The summed E-state index contributed by atoms with van der Waals surface area (Å²) in [6.45, 7) is 3.30. The third-order valence-electron chi connectivity index (χ3n) is 2.36. The SMILES string of the molecule is CC(CC(C)(N)C(=O)O)Sc1ccccc1F. The van der Waals surface area contributed by atoms with E-state index in [1.807, 2.05) is 6.92 Å². The van der Waals surface area contributed by atoms with E-state index >= 15 is 0 Å². The average molecular weight is 257 g/mol. The third-order valence-corrected chi connectivity index (χ3v) is 3.52. The average Bonchev–Trinajstić information content (AvgIpc) is 2.20. The van der Waals surface area contributed by atoms with Crippen molar-refractivity contribution in [2.45, 2.75) is 36.0 Å². The van der Waals surface area contributed by atoms with Gasteiger partial charge < -0.3 is 10.8 Å². The Balaban J connectivity index is 2.65. The number of carbonyl (C=O) groups is 1. The maximum atomic E-state index is 13.4. The molecule has 0 radical (unpaired) electrons. The molecule has 1 aromatic carbocycles. The van der Waals surface area contributed by atoms with Crippen LogP contribution in [-0.2, 0) is 4.79 Å². The Morgan fingerprint density at radius 1 is 1.59 bits per heavy atom. The second-order valence-electron chi connectivity index (χ2n) is 4.29. The van der Waals surface area contributed by atoms with Gasteiger partial charge in [0.2, 0.25) is 0 Å². The van der Waals surface area contributed by atoms with Gasteiger partial charge in [0.25, 0.3) is 0 Å². The van der Waals surface area contributed by atoms with Gasteiger partial charge >= 0.3 is 5.97 Å². The minimum absolute atomic E-state index is 0.0713. The number of hydrogen-bond donors (Lipinski definition) is 2. The fourth-order valence-corrected chi connectivity index (χ4v) is 2.68. The highest BCUT2D eigenvalue weighted by atomic mass is 32.2. The highest BCUT2D eigenvalue weighted by Gasteiger charge is 2.30. The first-order valence-electron chi connectivity index (χ1n) is 5.26. The van der Waals surface area contributed by atoms with Gasteiger partial charge in [0, 0.05) is 10.1 Å². The molecule has 0 saturated heterocycles. The first-order chi connectivity index (χ1) is 7.83. The zero-order valence-corrected chi connectivity index (χ0v) is 10.6. The van der Waals surface area contributed by atoms with Crippen LogP contribution in [0, 0.1) is 5.82 Å². The molecule has 0 saturated carbocycles. The van der Waals surface area contributed by atoms with Crippen LogP contribution in [0.2, 0.25) is 0 Å². The van der Waals surface area contributed by atoms with E-state index in [0.717, 1.165) is 0 Å². The van der Waals surface area contributed by atoms with Gasteiger partial charge in [0.05, 0.1) is 0 Å². The van der Waals surface area contributed by atoms with E-state index in [1.54, 1.807) is 18.2 Å². The lowest BCUT2D eigenvalue weighted by Gasteiger charge is -2.23. The van der Waals surface area contributed by atoms with Crippen LogP contribution in [0.1, 0.15) is 20.3 Å². The molecule has 0 fully saturated rings. The van der Waals surface area contributed by atoms with Crippen LogP contribution >= 0.6 is 11.8 Å². The molecule has 2 atom stereocenters. The van der Waals surface area contributed by atoms with Gasteiger partial charge in [-0.25, -0.2) is 4.39 Å². The van der Waals surface area contributed by atoms with E-state index in [9.17, 15) is 9.18 Å². The molecular weight excluding hydrogens is 241 g/mol. The van der Waals surface area contributed by atoms with E-state index in [0.29, 0.717) is 4.90 Å². The smallest absolute Gasteiger partial charge is 0.323 e. The molecule has 0 bridgehead atoms. The molecule has 0 aliphatic carbocycles. The van der Waals surface area contributed by atoms with Crippen molar-refractivity contribution in [2.24, 2.45) is 5.73 Å². The molecule has 3 N–H and O–H groups in total. The normalized spacial score (nSPS) is 16.2. The molecule has 0 aromatic heterocycles. The van der Waals surface area contributed by atoms with E-state index in [1.165, 1.54) is 24.8 Å². The van der Waals surface area contributed by atoms with Crippen molar-refractivity contribution in [1.29, 1.82) is 0 Å². The first-order valence-corrected chi connectivity index (χ1v) is 6.14. The van der Waals surface area contributed by atoms with Gasteiger partial charge in [0.1, 0.15) is 11.4 Å². The highest BCUT2D eigenvalue weighted by molar-refractivity contribution is 8.00. The molecule has 1 aromatic rings. The maximum absolute atomic E-state index is 13.4. The van der Waals surface area contributed by atoms with Gasteiger partial charge in [0.15, 0.2) is 0 Å². The van der Waals surface area contributed by atoms with E-state index in [2.05, 4.69) is 0 Å². The number of carboxylic acids is 1. The van der Waals surface area contributed by atoms with Gasteiger partial charge in [-0.05, 0) is 25.5 Å². The van der Waals surface area contributed by atoms with Gasteiger partial charge in [-0.1, -0.05) is 19.1 Å². The lowest BCUT2D eigenvalue weighted by molar-refractivity contribution is -0.142. The molecule has 0 aliphatic rings. The summed E-state index contributed by atoms with van der Waals surface area (Å²) in [4.78, 5) is 11.4. The van der Waals surface area contributed by atoms with Gasteiger partial charge in [-0.15, -0.1) is 11.8 Å². The van der Waals surface area contributed by atoms with Crippen molar-refractivity contribution in [1.82, 2.24) is 0 Å². The monoisotopic (exact) mass is 257 g/mol. The lowest BCUT2D eigenvalue weighted by atomic mass is 9.98. The van der Waals surface area contributed by atoms with Gasteiger partial charge in [-0.3, -0.25) is 4.79 Å². The molecule has 0 amide bonds. The summed E-state index contributed by atoms with van der Waals surface area (Å²) < 4.78 is 13.4. The summed E-state index contributed by atoms with van der Waals surface area (Å²) in [5, 5.41) is 8.83. The number of nitrogens with two attached hydrogens (primary N) is 1. The predicted octanol–water partition coefficient (Wildman–Crippen LogP) is 2.50. The van der Waals surface area contributed by atoms with Crippen LogP contribution in [0.3, 0.4) is 0 Å². The summed E-state index contributed by atoms with van der Waals surface area (Å²) >= 11 is 1.30. The predicted molar refractivity (Wildman–Crippen MR) is 66.6 cm³/mol. The topological polar surface area (TPSA) is 63.3 Å². The molecule has 94 valence electrons. The number of thioether (sulfide) groups is 1. The minimum atomic E-state index is -1.28. The summed E-state index contributed by atoms with van der Waals surface area (Å²) in [5.74, 6) is -1.34. The summed E-state index contributed by atoms with van der Waals surface area (Å²) in [6, 6.07) is 6.42. The molecule has 1 rings (SSSR count). The van der Waals surface area contributed by atoms with Crippen molar-refractivity contribution in [3.63, 3.8) is 0 Å². The zero-order valence-electron chi connectivity index (χ0n) is 9.81. The van der Waals surface area contributed by atoms with Crippen molar-refractivity contribution in [3.8, 4) is 0 Å². The molecule has 3 nitrogen and oxygen atoms in total. The Kier molecular flexibility index (Phi) is 4.54. The Bertz CT molecular complexity index is 409. The van der Waals surface area contributed by atoms with Crippen LogP contribution in [0.25, 0.3) is 0 Å². The molecule has 0 aliphatic heterocycles. The Hall–Kier alpha value is -1.07. The fraction of sp³-hybridized carbons (Fsp3) is 0.417.